The molecule has 0 saturated heterocycles. The summed E-state index contributed by atoms with van der Waals surface area (Å²) in [6.07, 6.45) is 0.914. The van der Waals surface area contributed by atoms with Crippen molar-refractivity contribution in [2.24, 2.45) is 0 Å². The molecule has 70 valence electrons. The highest BCUT2D eigenvalue weighted by molar-refractivity contribution is 7.94. The zero-order valence-corrected chi connectivity index (χ0v) is 8.37. The molecule has 0 aromatic heterocycles. The van der Waals surface area contributed by atoms with Crippen LogP contribution in [0.3, 0.4) is 0 Å². The standard InChI is InChI=1S/C8H15NO2S/c1-7(2)8(10)9-5-4-6-12-11-3/h1,4-6H2,2-3H3,(H,9,10). The quantitative estimate of drug-likeness (QED) is 0.389. The zero-order valence-electron chi connectivity index (χ0n) is 7.55. The predicted octanol–water partition coefficient (Wildman–Crippen LogP) is 1.36. The minimum atomic E-state index is -0.0718. The van der Waals surface area contributed by atoms with Gasteiger partial charge in [0.15, 0.2) is 0 Å². The van der Waals surface area contributed by atoms with E-state index in [1.54, 1.807) is 14.0 Å². The van der Waals surface area contributed by atoms with Crippen molar-refractivity contribution >= 4 is 17.9 Å². The van der Waals surface area contributed by atoms with Crippen molar-refractivity contribution in [1.29, 1.82) is 0 Å². The fourth-order valence-electron chi connectivity index (χ4n) is 0.567. The van der Waals surface area contributed by atoms with Gasteiger partial charge in [-0.3, -0.25) is 4.79 Å². The highest BCUT2D eigenvalue weighted by Crippen LogP contribution is 2.00. The van der Waals surface area contributed by atoms with Gasteiger partial charge in [0.25, 0.3) is 0 Å². The van der Waals surface area contributed by atoms with Crippen LogP contribution >= 0.6 is 12.0 Å². The molecule has 0 unspecified atom stereocenters. The van der Waals surface area contributed by atoms with E-state index in [1.165, 1.54) is 12.0 Å². The van der Waals surface area contributed by atoms with Gasteiger partial charge in [-0.05, 0) is 25.4 Å². The van der Waals surface area contributed by atoms with Crippen LogP contribution in [0.25, 0.3) is 0 Å². The molecule has 12 heavy (non-hydrogen) atoms. The maximum absolute atomic E-state index is 10.9. The van der Waals surface area contributed by atoms with Crippen molar-refractivity contribution in [3.63, 3.8) is 0 Å². The van der Waals surface area contributed by atoms with E-state index in [4.69, 9.17) is 4.18 Å². The van der Waals surface area contributed by atoms with Crippen LogP contribution in [0, 0.1) is 0 Å². The molecule has 0 aromatic carbocycles. The molecule has 0 saturated carbocycles. The minimum absolute atomic E-state index is 0.0718. The molecule has 0 fully saturated rings. The van der Waals surface area contributed by atoms with Gasteiger partial charge >= 0.3 is 0 Å². The van der Waals surface area contributed by atoms with Crippen LogP contribution in [0.2, 0.25) is 0 Å². The molecule has 4 heteroatoms. The van der Waals surface area contributed by atoms with Gasteiger partial charge < -0.3 is 9.50 Å². The van der Waals surface area contributed by atoms with Crippen LogP contribution in [-0.2, 0) is 8.98 Å². The normalized spacial score (nSPS) is 9.50. The third kappa shape index (κ3) is 6.24. The van der Waals surface area contributed by atoms with Crippen LogP contribution in [0.15, 0.2) is 12.2 Å². The Bertz CT molecular complexity index is 159. The first-order chi connectivity index (χ1) is 5.68. The molecular weight excluding hydrogens is 174 g/mol. The van der Waals surface area contributed by atoms with E-state index >= 15 is 0 Å². The van der Waals surface area contributed by atoms with Crippen molar-refractivity contribution in [2.75, 3.05) is 19.4 Å². The Morgan fingerprint density at radius 1 is 1.67 bits per heavy atom. The van der Waals surface area contributed by atoms with Crippen LogP contribution in [0.5, 0.6) is 0 Å². The van der Waals surface area contributed by atoms with E-state index in [0.29, 0.717) is 12.1 Å². The van der Waals surface area contributed by atoms with Gasteiger partial charge in [-0.15, -0.1) is 0 Å². The van der Waals surface area contributed by atoms with Crippen molar-refractivity contribution < 1.29 is 8.98 Å². The smallest absolute Gasteiger partial charge is 0.246 e. The predicted molar refractivity (Wildman–Crippen MR) is 51.9 cm³/mol. The molecule has 3 nitrogen and oxygen atoms in total. The fraction of sp³-hybridized carbons (Fsp3) is 0.625. The third-order valence-corrected chi connectivity index (χ3v) is 1.89. The number of nitrogens with one attached hydrogen (secondary N) is 1. The zero-order chi connectivity index (χ0) is 9.40. The van der Waals surface area contributed by atoms with Crippen molar-refractivity contribution in [3.05, 3.63) is 12.2 Å². The topological polar surface area (TPSA) is 38.3 Å². The van der Waals surface area contributed by atoms with Gasteiger partial charge in [0, 0.05) is 17.9 Å². The fourth-order valence-corrected chi connectivity index (χ4v) is 0.996. The number of hydrogen-bond donors (Lipinski definition) is 1. The molecule has 1 N–H and O–H groups in total. The van der Waals surface area contributed by atoms with Gasteiger partial charge in [0.2, 0.25) is 5.91 Å². The summed E-state index contributed by atoms with van der Waals surface area (Å²) in [5.74, 6) is 0.824. The first kappa shape index (κ1) is 11.5. The summed E-state index contributed by atoms with van der Waals surface area (Å²) in [5.41, 5.74) is 0.550. The van der Waals surface area contributed by atoms with Crippen LogP contribution in [0.1, 0.15) is 13.3 Å². The lowest BCUT2D eigenvalue weighted by Gasteiger charge is -2.02. The molecule has 0 rings (SSSR count). The van der Waals surface area contributed by atoms with Gasteiger partial charge in [0.05, 0.1) is 7.11 Å². The largest absolute Gasteiger partial charge is 0.352 e. The summed E-state index contributed by atoms with van der Waals surface area (Å²) in [7, 11) is 1.64. The second kappa shape index (κ2) is 7.18. The lowest BCUT2D eigenvalue weighted by Crippen LogP contribution is -2.24. The number of carbonyl (C=O) groups is 1. The van der Waals surface area contributed by atoms with Crippen LogP contribution in [-0.4, -0.2) is 25.3 Å². The maximum Gasteiger partial charge on any atom is 0.246 e. The van der Waals surface area contributed by atoms with E-state index in [9.17, 15) is 4.79 Å². The third-order valence-electron chi connectivity index (χ3n) is 1.20. The summed E-state index contributed by atoms with van der Waals surface area (Å²) < 4.78 is 4.78. The molecular formula is C8H15NO2S. The minimum Gasteiger partial charge on any atom is -0.352 e. The molecule has 0 spiro atoms. The average molecular weight is 189 g/mol. The summed E-state index contributed by atoms with van der Waals surface area (Å²) >= 11 is 1.39. The molecule has 0 radical (unpaired) electrons. The van der Waals surface area contributed by atoms with Gasteiger partial charge in [0.1, 0.15) is 0 Å². The van der Waals surface area contributed by atoms with E-state index in [2.05, 4.69) is 11.9 Å². The second-order valence-corrected chi connectivity index (χ2v) is 3.36. The molecule has 0 heterocycles. The molecule has 0 aromatic rings. The Kier molecular flexibility index (Phi) is 6.90. The van der Waals surface area contributed by atoms with E-state index in [1.807, 2.05) is 0 Å². The lowest BCUT2D eigenvalue weighted by atomic mass is 10.3. The second-order valence-electron chi connectivity index (χ2n) is 2.38. The SMILES string of the molecule is C=C(C)C(=O)NCCCSOC. The Morgan fingerprint density at radius 3 is 2.83 bits per heavy atom. The van der Waals surface area contributed by atoms with Crippen molar-refractivity contribution in [3.8, 4) is 0 Å². The Labute approximate surface area is 77.8 Å². The molecule has 0 aliphatic rings. The number of carbonyl (C=O) groups excluding carboxylic acids is 1. The van der Waals surface area contributed by atoms with Gasteiger partial charge in [-0.25, -0.2) is 0 Å². The molecule has 0 atom stereocenters. The van der Waals surface area contributed by atoms with Gasteiger partial charge in [-0.1, -0.05) is 6.58 Å². The van der Waals surface area contributed by atoms with E-state index in [0.717, 1.165) is 12.2 Å². The van der Waals surface area contributed by atoms with E-state index < -0.39 is 0 Å². The van der Waals surface area contributed by atoms with Crippen molar-refractivity contribution in [1.82, 2.24) is 5.32 Å². The summed E-state index contributed by atoms with van der Waals surface area (Å²) in [6.45, 7) is 5.90. The monoisotopic (exact) mass is 189 g/mol. The van der Waals surface area contributed by atoms with Crippen molar-refractivity contribution in [2.45, 2.75) is 13.3 Å². The highest BCUT2D eigenvalue weighted by atomic mass is 32.2. The Hall–Kier alpha value is -0.480. The summed E-state index contributed by atoms with van der Waals surface area (Å²) in [4.78, 5) is 10.9. The first-order valence-corrected chi connectivity index (χ1v) is 4.69. The molecule has 0 aliphatic heterocycles. The molecule has 0 bridgehead atoms. The average Bonchev–Trinajstić information content (AvgIpc) is 2.03. The number of hydrogen-bond acceptors (Lipinski definition) is 3. The lowest BCUT2D eigenvalue weighted by molar-refractivity contribution is -0.117. The number of rotatable bonds is 6. The first-order valence-electron chi connectivity index (χ1n) is 3.77. The Morgan fingerprint density at radius 2 is 2.33 bits per heavy atom. The molecule has 0 aliphatic carbocycles. The number of amides is 1. The maximum atomic E-state index is 10.9. The molecule has 1 amide bonds. The van der Waals surface area contributed by atoms with Gasteiger partial charge in [-0.2, -0.15) is 0 Å². The highest BCUT2D eigenvalue weighted by Gasteiger charge is 1.98. The van der Waals surface area contributed by atoms with Crippen LogP contribution < -0.4 is 5.32 Å². The summed E-state index contributed by atoms with van der Waals surface area (Å²) in [6, 6.07) is 0. The van der Waals surface area contributed by atoms with E-state index in [-0.39, 0.29) is 5.91 Å². The Balaban J connectivity index is 3.20. The summed E-state index contributed by atoms with van der Waals surface area (Å²) in [5, 5.41) is 2.73. The van der Waals surface area contributed by atoms with Crippen LogP contribution in [0.4, 0.5) is 0 Å².